The predicted molar refractivity (Wildman–Crippen MR) is 121 cm³/mol. The Kier molecular flexibility index (Phi) is 6.85. The fourth-order valence-electron chi connectivity index (χ4n) is 4.64. The van der Waals surface area contributed by atoms with Crippen LogP contribution in [-0.2, 0) is 29.0 Å². The van der Waals surface area contributed by atoms with Crippen LogP contribution in [0.25, 0.3) is 6.08 Å². The largest absolute Gasteiger partial charge is 0.355 e. The van der Waals surface area contributed by atoms with E-state index >= 15 is 0 Å². The highest BCUT2D eigenvalue weighted by Gasteiger charge is 2.26. The van der Waals surface area contributed by atoms with Crippen molar-refractivity contribution in [2.75, 3.05) is 19.6 Å². The first-order valence-electron chi connectivity index (χ1n) is 11.5. The molecule has 1 saturated heterocycles. The van der Waals surface area contributed by atoms with Crippen LogP contribution in [0.4, 0.5) is 0 Å². The second kappa shape index (κ2) is 9.94. The van der Waals surface area contributed by atoms with E-state index in [4.69, 9.17) is 4.98 Å². The summed E-state index contributed by atoms with van der Waals surface area (Å²) >= 11 is 0. The highest BCUT2D eigenvalue weighted by Crippen LogP contribution is 2.20. The maximum absolute atomic E-state index is 12.6. The molecule has 0 bridgehead atoms. The first-order valence-corrected chi connectivity index (χ1v) is 11.5. The van der Waals surface area contributed by atoms with Crippen LogP contribution in [0, 0.1) is 12.8 Å². The number of nitrogens with zero attached hydrogens (tertiary/aromatic N) is 3. The van der Waals surface area contributed by atoms with Crippen molar-refractivity contribution in [2.45, 2.75) is 52.0 Å². The van der Waals surface area contributed by atoms with E-state index in [0.29, 0.717) is 19.6 Å². The third-order valence-corrected chi connectivity index (χ3v) is 6.44. The van der Waals surface area contributed by atoms with Gasteiger partial charge in [-0.3, -0.25) is 9.59 Å². The lowest BCUT2D eigenvalue weighted by Crippen LogP contribution is -2.42. The van der Waals surface area contributed by atoms with Gasteiger partial charge in [0.25, 0.3) is 0 Å². The van der Waals surface area contributed by atoms with Gasteiger partial charge in [0.1, 0.15) is 5.82 Å². The molecule has 164 valence electrons. The van der Waals surface area contributed by atoms with Gasteiger partial charge in [-0.1, -0.05) is 30.3 Å². The molecule has 0 spiro atoms. The highest BCUT2D eigenvalue weighted by molar-refractivity contribution is 5.92. The Hall–Kier alpha value is -2.89. The first kappa shape index (κ1) is 21.3. The molecule has 31 heavy (non-hydrogen) atoms. The second-order valence-corrected chi connectivity index (χ2v) is 8.55. The number of rotatable bonds is 6. The summed E-state index contributed by atoms with van der Waals surface area (Å²) < 4.78 is 2.35. The standard InChI is InChI=1S/C25H32N4O2/c1-19-22(29-16-6-5-9-23(29)27-19)12-15-26-25(31)21-13-17-28(18-14-21)24(30)11-10-20-7-3-2-4-8-20/h2-4,7-8,10-11,21H,5-6,9,12-18H2,1H3,(H,26,31). The lowest BCUT2D eigenvalue weighted by Gasteiger charge is -2.30. The Morgan fingerprint density at radius 1 is 1.13 bits per heavy atom. The van der Waals surface area contributed by atoms with Gasteiger partial charge in [0.2, 0.25) is 11.8 Å². The maximum Gasteiger partial charge on any atom is 0.246 e. The van der Waals surface area contributed by atoms with Crippen molar-refractivity contribution in [1.29, 1.82) is 0 Å². The molecule has 0 aliphatic carbocycles. The van der Waals surface area contributed by atoms with Crippen molar-refractivity contribution < 1.29 is 9.59 Å². The number of nitrogens with one attached hydrogen (secondary N) is 1. The van der Waals surface area contributed by atoms with Gasteiger partial charge >= 0.3 is 0 Å². The third kappa shape index (κ3) is 5.24. The van der Waals surface area contributed by atoms with Crippen molar-refractivity contribution in [2.24, 2.45) is 5.92 Å². The van der Waals surface area contributed by atoms with E-state index in [2.05, 4.69) is 16.8 Å². The molecule has 4 rings (SSSR count). The quantitative estimate of drug-likeness (QED) is 0.730. The van der Waals surface area contributed by atoms with E-state index < -0.39 is 0 Å². The molecule has 0 radical (unpaired) electrons. The molecule has 2 aromatic rings. The minimum Gasteiger partial charge on any atom is -0.355 e. The van der Waals surface area contributed by atoms with Crippen LogP contribution in [0.2, 0.25) is 0 Å². The minimum atomic E-state index is -0.0115. The number of amides is 2. The summed E-state index contributed by atoms with van der Waals surface area (Å²) in [6, 6.07) is 9.82. The van der Waals surface area contributed by atoms with Crippen LogP contribution in [0.5, 0.6) is 0 Å². The number of hydrogen-bond donors (Lipinski definition) is 1. The Morgan fingerprint density at radius 2 is 1.90 bits per heavy atom. The summed E-state index contributed by atoms with van der Waals surface area (Å²) in [7, 11) is 0. The monoisotopic (exact) mass is 420 g/mol. The van der Waals surface area contributed by atoms with Gasteiger partial charge in [-0.2, -0.15) is 0 Å². The smallest absolute Gasteiger partial charge is 0.246 e. The summed E-state index contributed by atoms with van der Waals surface area (Å²) in [4.78, 5) is 31.6. The molecule has 6 nitrogen and oxygen atoms in total. The lowest BCUT2D eigenvalue weighted by molar-refractivity contribution is -0.132. The van der Waals surface area contributed by atoms with Crippen LogP contribution in [0.3, 0.4) is 0 Å². The van der Waals surface area contributed by atoms with E-state index in [9.17, 15) is 9.59 Å². The van der Waals surface area contributed by atoms with E-state index in [-0.39, 0.29) is 17.7 Å². The zero-order valence-corrected chi connectivity index (χ0v) is 18.3. The summed E-state index contributed by atoms with van der Waals surface area (Å²) in [5, 5.41) is 3.12. The number of aromatic nitrogens is 2. The molecule has 6 heteroatoms. The van der Waals surface area contributed by atoms with Gasteiger partial charge in [0, 0.05) is 56.7 Å². The molecule has 0 unspecified atom stereocenters. The number of carbonyl (C=O) groups excluding carboxylic acids is 2. The van der Waals surface area contributed by atoms with Gasteiger partial charge in [-0.25, -0.2) is 4.98 Å². The molecule has 0 atom stereocenters. The summed E-state index contributed by atoms with van der Waals surface area (Å²) in [6.45, 7) is 5.02. The van der Waals surface area contributed by atoms with Crippen LogP contribution >= 0.6 is 0 Å². The molecular weight excluding hydrogens is 388 g/mol. The van der Waals surface area contributed by atoms with Crippen LogP contribution in [0.15, 0.2) is 36.4 Å². The molecule has 2 aliphatic rings. The average Bonchev–Trinajstić information content (AvgIpc) is 3.13. The van der Waals surface area contributed by atoms with E-state index in [1.807, 2.05) is 41.3 Å². The number of fused-ring (bicyclic) bond motifs is 1. The topological polar surface area (TPSA) is 67.2 Å². The molecule has 2 amide bonds. The Labute approximate surface area is 184 Å². The number of piperidine rings is 1. The highest BCUT2D eigenvalue weighted by atomic mass is 16.2. The number of likely N-dealkylation sites (tertiary alicyclic amines) is 1. The molecule has 2 aliphatic heterocycles. The second-order valence-electron chi connectivity index (χ2n) is 8.55. The molecule has 1 aromatic carbocycles. The van der Waals surface area contributed by atoms with Crippen LogP contribution in [0.1, 0.15) is 48.5 Å². The fraction of sp³-hybridized carbons (Fsp3) is 0.480. The van der Waals surface area contributed by atoms with Gasteiger partial charge in [-0.05, 0) is 44.2 Å². The van der Waals surface area contributed by atoms with Gasteiger partial charge in [0.15, 0.2) is 0 Å². The lowest BCUT2D eigenvalue weighted by atomic mass is 9.95. The molecule has 1 aromatic heterocycles. The van der Waals surface area contributed by atoms with Crippen LogP contribution in [-0.4, -0.2) is 45.9 Å². The van der Waals surface area contributed by atoms with Crippen molar-refractivity contribution in [3.63, 3.8) is 0 Å². The van der Waals surface area contributed by atoms with Gasteiger partial charge in [-0.15, -0.1) is 0 Å². The summed E-state index contributed by atoms with van der Waals surface area (Å²) in [6.07, 6.45) is 9.23. The van der Waals surface area contributed by atoms with Crippen molar-refractivity contribution in [3.05, 3.63) is 59.2 Å². The Morgan fingerprint density at radius 3 is 2.68 bits per heavy atom. The minimum absolute atomic E-state index is 0.0115. The van der Waals surface area contributed by atoms with Gasteiger partial charge in [0.05, 0.1) is 5.69 Å². The van der Waals surface area contributed by atoms with Crippen LogP contribution < -0.4 is 5.32 Å². The number of hydrogen-bond acceptors (Lipinski definition) is 3. The predicted octanol–water partition coefficient (Wildman–Crippen LogP) is 3.14. The average molecular weight is 421 g/mol. The van der Waals surface area contributed by atoms with E-state index in [0.717, 1.165) is 43.5 Å². The molecule has 1 fully saturated rings. The van der Waals surface area contributed by atoms with Crippen molar-refractivity contribution >= 4 is 17.9 Å². The van der Waals surface area contributed by atoms with Gasteiger partial charge < -0.3 is 14.8 Å². The SMILES string of the molecule is Cc1nc2n(c1CCNC(=O)C1CCN(C(=O)C=Cc3ccccc3)CC1)CCCC2. The number of imidazole rings is 1. The van der Waals surface area contributed by atoms with E-state index in [1.54, 1.807) is 6.08 Å². The number of benzene rings is 1. The Bertz CT molecular complexity index is 940. The summed E-state index contributed by atoms with van der Waals surface area (Å²) in [5.74, 6) is 1.32. The summed E-state index contributed by atoms with van der Waals surface area (Å²) in [5.41, 5.74) is 3.38. The Balaban J connectivity index is 1.21. The van der Waals surface area contributed by atoms with Crippen molar-refractivity contribution in [1.82, 2.24) is 19.8 Å². The van der Waals surface area contributed by atoms with E-state index in [1.165, 1.54) is 24.4 Å². The zero-order chi connectivity index (χ0) is 21.6. The molecule has 3 heterocycles. The number of aryl methyl sites for hydroxylation is 2. The zero-order valence-electron chi connectivity index (χ0n) is 18.3. The maximum atomic E-state index is 12.6. The molecule has 1 N–H and O–H groups in total. The molecular formula is C25H32N4O2. The molecule has 0 saturated carbocycles. The normalized spacial score (nSPS) is 17.0. The fourth-order valence-corrected chi connectivity index (χ4v) is 4.64. The first-order chi connectivity index (χ1) is 15.1. The van der Waals surface area contributed by atoms with Crippen molar-refractivity contribution in [3.8, 4) is 0 Å². The third-order valence-electron chi connectivity index (χ3n) is 6.44. The number of carbonyl (C=O) groups is 2.